The van der Waals surface area contributed by atoms with Crippen molar-refractivity contribution < 1.29 is 18.0 Å². The van der Waals surface area contributed by atoms with E-state index in [4.69, 9.17) is 11.6 Å². The molecule has 176 valence electrons. The van der Waals surface area contributed by atoms with E-state index in [1.807, 2.05) is 4.90 Å². The lowest BCUT2D eigenvalue weighted by atomic mass is 10.2. The second kappa shape index (κ2) is 10.1. The maximum atomic E-state index is 12.8. The minimum Gasteiger partial charge on any atom is -0.343 e. The number of rotatable bonds is 6. The van der Waals surface area contributed by atoms with Crippen LogP contribution in [0.5, 0.6) is 0 Å². The van der Waals surface area contributed by atoms with Crippen LogP contribution in [0.3, 0.4) is 0 Å². The fourth-order valence-corrected chi connectivity index (χ4v) is 5.69. The van der Waals surface area contributed by atoms with Crippen LogP contribution < -0.4 is 9.62 Å². The van der Waals surface area contributed by atoms with Crippen LogP contribution in [0.1, 0.15) is 44.1 Å². The van der Waals surface area contributed by atoms with Crippen LogP contribution in [0, 0.1) is 0 Å². The lowest BCUT2D eigenvalue weighted by molar-refractivity contribution is -0.133. The highest BCUT2D eigenvalue weighted by atomic mass is 35.5. The number of fused-ring (bicyclic) bond motifs is 1. The molecule has 2 aromatic carbocycles. The lowest BCUT2D eigenvalue weighted by Gasteiger charge is -2.21. The topological polar surface area (TPSA) is 86.8 Å². The molecule has 0 saturated carbocycles. The monoisotopic (exact) mass is 489 g/mol. The normalized spacial score (nSPS) is 16.3. The SMILES string of the molecule is O=C(CCC(=O)N1CCc2cc(S(=O)(=O)Nc3cccc(Cl)c3)ccc21)N1CCCCCC1. The molecule has 1 saturated heterocycles. The molecule has 0 aliphatic carbocycles. The van der Waals surface area contributed by atoms with Gasteiger partial charge in [-0.3, -0.25) is 14.3 Å². The molecule has 0 radical (unpaired) electrons. The van der Waals surface area contributed by atoms with E-state index in [0.29, 0.717) is 29.4 Å². The summed E-state index contributed by atoms with van der Waals surface area (Å²) < 4.78 is 28.1. The fourth-order valence-electron chi connectivity index (χ4n) is 4.40. The average Bonchev–Trinajstić information content (AvgIpc) is 3.01. The minimum absolute atomic E-state index is 0.0400. The quantitative estimate of drug-likeness (QED) is 0.658. The maximum absolute atomic E-state index is 12.8. The van der Waals surface area contributed by atoms with Crippen molar-refractivity contribution in [2.75, 3.05) is 29.3 Å². The van der Waals surface area contributed by atoms with Crippen LogP contribution in [-0.2, 0) is 26.0 Å². The van der Waals surface area contributed by atoms with Gasteiger partial charge in [-0.2, -0.15) is 0 Å². The van der Waals surface area contributed by atoms with Gasteiger partial charge in [-0.15, -0.1) is 0 Å². The third kappa shape index (κ3) is 5.68. The highest BCUT2D eigenvalue weighted by molar-refractivity contribution is 7.92. The van der Waals surface area contributed by atoms with Crippen molar-refractivity contribution in [1.29, 1.82) is 0 Å². The van der Waals surface area contributed by atoms with Gasteiger partial charge in [0.1, 0.15) is 0 Å². The molecule has 2 heterocycles. The van der Waals surface area contributed by atoms with E-state index in [0.717, 1.165) is 44.3 Å². The summed E-state index contributed by atoms with van der Waals surface area (Å²) in [4.78, 5) is 29.0. The second-order valence-electron chi connectivity index (χ2n) is 8.50. The number of carbonyl (C=O) groups is 2. The Morgan fingerprint density at radius 2 is 1.64 bits per heavy atom. The third-order valence-electron chi connectivity index (χ3n) is 6.15. The molecule has 0 atom stereocenters. The van der Waals surface area contributed by atoms with Crippen LogP contribution in [0.4, 0.5) is 11.4 Å². The maximum Gasteiger partial charge on any atom is 0.261 e. The zero-order chi connectivity index (χ0) is 23.4. The largest absolute Gasteiger partial charge is 0.343 e. The zero-order valence-electron chi connectivity index (χ0n) is 18.4. The summed E-state index contributed by atoms with van der Waals surface area (Å²) in [5.41, 5.74) is 1.90. The Bertz CT molecular complexity index is 1140. The molecule has 2 aliphatic rings. The summed E-state index contributed by atoms with van der Waals surface area (Å²) in [6.07, 6.45) is 5.29. The Hall–Kier alpha value is -2.58. The first-order valence-electron chi connectivity index (χ1n) is 11.3. The zero-order valence-corrected chi connectivity index (χ0v) is 20.0. The lowest BCUT2D eigenvalue weighted by Crippen LogP contribution is -2.34. The molecule has 0 bridgehead atoms. The van der Waals surface area contributed by atoms with Crippen molar-refractivity contribution in [3.8, 4) is 0 Å². The smallest absolute Gasteiger partial charge is 0.261 e. The summed E-state index contributed by atoms with van der Waals surface area (Å²) in [6, 6.07) is 11.3. The highest BCUT2D eigenvalue weighted by Gasteiger charge is 2.27. The van der Waals surface area contributed by atoms with Gasteiger partial charge in [0.2, 0.25) is 11.8 Å². The summed E-state index contributed by atoms with van der Waals surface area (Å²) in [5.74, 6) is -0.0669. The molecule has 33 heavy (non-hydrogen) atoms. The van der Waals surface area contributed by atoms with Gasteiger partial charge in [0, 0.05) is 43.2 Å². The Morgan fingerprint density at radius 1 is 0.909 bits per heavy atom. The van der Waals surface area contributed by atoms with Gasteiger partial charge in [-0.1, -0.05) is 30.5 Å². The highest BCUT2D eigenvalue weighted by Crippen LogP contribution is 2.31. The molecule has 0 unspecified atom stereocenters. The van der Waals surface area contributed by atoms with Crippen molar-refractivity contribution in [2.45, 2.75) is 49.8 Å². The van der Waals surface area contributed by atoms with E-state index in [1.165, 1.54) is 6.07 Å². The van der Waals surface area contributed by atoms with Gasteiger partial charge in [0.25, 0.3) is 10.0 Å². The molecule has 1 N–H and O–H groups in total. The summed E-state index contributed by atoms with van der Waals surface area (Å²) in [6.45, 7) is 2.04. The van der Waals surface area contributed by atoms with Crippen LogP contribution in [0.2, 0.25) is 5.02 Å². The Labute approximate surface area is 199 Å². The number of nitrogens with one attached hydrogen (secondary N) is 1. The van der Waals surface area contributed by atoms with Crippen molar-refractivity contribution in [3.63, 3.8) is 0 Å². The molecule has 2 aromatic rings. The fraction of sp³-hybridized carbons (Fsp3) is 0.417. The number of nitrogens with zero attached hydrogens (tertiary/aromatic N) is 2. The number of amides is 2. The predicted octanol–water partition coefficient (Wildman–Crippen LogP) is 4.21. The molecule has 9 heteroatoms. The standard InChI is InChI=1S/C24H28ClN3O4S/c25-19-6-5-7-20(17-19)26-33(31,32)21-8-9-22-18(16-21)12-15-28(22)24(30)11-10-23(29)27-13-3-1-2-4-14-27/h5-9,16-17,26H,1-4,10-15H2. The Kier molecular flexibility index (Phi) is 7.24. The molecule has 1 fully saturated rings. The number of likely N-dealkylation sites (tertiary alicyclic amines) is 1. The van der Waals surface area contributed by atoms with Crippen molar-refractivity contribution in [2.24, 2.45) is 0 Å². The first-order chi connectivity index (χ1) is 15.8. The van der Waals surface area contributed by atoms with Crippen molar-refractivity contribution in [1.82, 2.24) is 4.90 Å². The molecule has 2 aliphatic heterocycles. The van der Waals surface area contributed by atoms with Crippen LogP contribution in [0.25, 0.3) is 0 Å². The van der Waals surface area contributed by atoms with E-state index in [-0.39, 0.29) is 29.6 Å². The van der Waals surface area contributed by atoms with Gasteiger partial charge in [0.15, 0.2) is 0 Å². The number of sulfonamides is 1. The number of benzene rings is 2. The molecule has 0 spiro atoms. The Morgan fingerprint density at radius 3 is 2.36 bits per heavy atom. The van der Waals surface area contributed by atoms with Crippen LogP contribution in [0.15, 0.2) is 47.4 Å². The van der Waals surface area contributed by atoms with Crippen molar-refractivity contribution >= 4 is 44.8 Å². The van der Waals surface area contributed by atoms with Gasteiger partial charge in [-0.25, -0.2) is 8.42 Å². The molecule has 0 aromatic heterocycles. The molecule has 7 nitrogen and oxygen atoms in total. The predicted molar refractivity (Wildman–Crippen MR) is 129 cm³/mol. The third-order valence-corrected chi connectivity index (χ3v) is 7.76. The minimum atomic E-state index is -3.79. The van der Waals surface area contributed by atoms with E-state index in [2.05, 4.69) is 4.72 Å². The number of carbonyl (C=O) groups excluding carboxylic acids is 2. The van der Waals surface area contributed by atoms with Gasteiger partial charge < -0.3 is 9.80 Å². The first kappa shape index (κ1) is 23.6. The number of hydrogen-bond acceptors (Lipinski definition) is 4. The second-order valence-corrected chi connectivity index (χ2v) is 10.6. The summed E-state index contributed by atoms with van der Waals surface area (Å²) >= 11 is 5.94. The summed E-state index contributed by atoms with van der Waals surface area (Å²) in [7, 11) is -3.79. The van der Waals surface area contributed by atoms with Gasteiger partial charge in [0.05, 0.1) is 10.6 Å². The molecular formula is C24H28ClN3O4S. The van der Waals surface area contributed by atoms with Gasteiger partial charge in [-0.05, 0) is 61.2 Å². The first-order valence-corrected chi connectivity index (χ1v) is 13.2. The molecule has 4 rings (SSSR count). The number of halogens is 1. The van der Waals surface area contributed by atoms with E-state index < -0.39 is 10.0 Å². The van der Waals surface area contributed by atoms with E-state index >= 15 is 0 Å². The number of hydrogen-bond donors (Lipinski definition) is 1. The van der Waals surface area contributed by atoms with Crippen molar-refractivity contribution in [3.05, 3.63) is 53.1 Å². The number of anilines is 2. The van der Waals surface area contributed by atoms with Crippen LogP contribution >= 0.6 is 11.6 Å². The van der Waals surface area contributed by atoms with E-state index in [1.54, 1.807) is 41.3 Å². The molecular weight excluding hydrogens is 462 g/mol. The van der Waals surface area contributed by atoms with Gasteiger partial charge >= 0.3 is 0 Å². The molecule has 2 amide bonds. The van der Waals surface area contributed by atoms with Crippen LogP contribution in [-0.4, -0.2) is 44.8 Å². The average molecular weight is 490 g/mol. The van der Waals surface area contributed by atoms with E-state index in [9.17, 15) is 18.0 Å². The Balaban J connectivity index is 1.40. The summed E-state index contributed by atoms with van der Waals surface area (Å²) in [5, 5.41) is 0.438.